The molecule has 1 aliphatic heterocycles. The maximum absolute atomic E-state index is 13.9. The maximum atomic E-state index is 13.9. The summed E-state index contributed by atoms with van der Waals surface area (Å²) in [5.74, 6) is 1.07. The molecule has 1 aromatic heterocycles. The van der Waals surface area contributed by atoms with Crippen LogP contribution in [0.15, 0.2) is 52.9 Å². The topological polar surface area (TPSA) is 68.5 Å². The molecule has 0 saturated carbocycles. The largest absolute Gasteiger partial charge is 0.497 e. The van der Waals surface area contributed by atoms with E-state index in [0.29, 0.717) is 30.1 Å². The fraction of sp³-hybridized carbons (Fsp3) is 0.286. The van der Waals surface area contributed by atoms with E-state index in [9.17, 15) is 9.18 Å². The summed E-state index contributed by atoms with van der Waals surface area (Å²) in [4.78, 5) is 14.5. The number of hydrogen-bond donors (Lipinski definition) is 0. The van der Waals surface area contributed by atoms with Crippen LogP contribution in [0.4, 0.5) is 4.39 Å². The highest BCUT2D eigenvalue weighted by Crippen LogP contribution is 2.30. The summed E-state index contributed by atoms with van der Waals surface area (Å²) in [7, 11) is 1.59. The number of rotatable bonds is 4. The number of hydrogen-bond acceptors (Lipinski definition) is 5. The van der Waals surface area contributed by atoms with Crippen molar-refractivity contribution in [1.82, 2.24) is 15.1 Å². The number of carbonyl (C=O) groups excluding carboxylic acids is 1. The number of benzene rings is 2. The first-order chi connectivity index (χ1) is 13.7. The zero-order chi connectivity index (χ0) is 19.5. The predicted molar refractivity (Wildman–Crippen MR) is 101 cm³/mol. The Morgan fingerprint density at radius 1 is 1.11 bits per heavy atom. The van der Waals surface area contributed by atoms with Crippen molar-refractivity contribution in [2.75, 3.05) is 20.2 Å². The minimum atomic E-state index is -0.391. The summed E-state index contributed by atoms with van der Waals surface area (Å²) in [5, 5.41) is 8.10. The van der Waals surface area contributed by atoms with Crippen LogP contribution in [0.25, 0.3) is 11.5 Å². The molecule has 4 rings (SSSR count). The highest BCUT2D eigenvalue weighted by molar-refractivity contribution is 5.94. The van der Waals surface area contributed by atoms with Gasteiger partial charge < -0.3 is 14.1 Å². The van der Waals surface area contributed by atoms with E-state index >= 15 is 0 Å². The number of ether oxygens (including phenoxy) is 1. The molecule has 7 heteroatoms. The molecule has 0 aliphatic carbocycles. The summed E-state index contributed by atoms with van der Waals surface area (Å²) in [6.07, 6.45) is 1.45. The smallest absolute Gasteiger partial charge is 0.253 e. The van der Waals surface area contributed by atoms with E-state index in [1.807, 2.05) is 4.90 Å². The summed E-state index contributed by atoms with van der Waals surface area (Å²) in [6.45, 7) is 1.21. The molecule has 144 valence electrons. The minimum absolute atomic E-state index is 0.00122. The number of amides is 1. The quantitative estimate of drug-likeness (QED) is 0.686. The second-order valence-corrected chi connectivity index (χ2v) is 6.72. The molecule has 0 spiro atoms. The summed E-state index contributed by atoms with van der Waals surface area (Å²) in [5.41, 5.74) is 0.937. The lowest BCUT2D eigenvalue weighted by Gasteiger charge is -2.30. The van der Waals surface area contributed by atoms with E-state index in [0.717, 1.165) is 18.6 Å². The molecular formula is C21H20FN3O3. The molecule has 1 fully saturated rings. The average Bonchev–Trinajstić information content (AvgIpc) is 3.24. The highest BCUT2D eigenvalue weighted by atomic mass is 19.1. The molecule has 0 unspecified atom stereocenters. The van der Waals surface area contributed by atoms with Crippen LogP contribution in [0, 0.1) is 5.82 Å². The monoisotopic (exact) mass is 381 g/mol. The van der Waals surface area contributed by atoms with Crippen LogP contribution in [0.5, 0.6) is 5.75 Å². The molecule has 2 aromatic carbocycles. The number of halogens is 1. The van der Waals surface area contributed by atoms with Gasteiger partial charge in [-0.15, -0.1) is 10.2 Å². The van der Waals surface area contributed by atoms with Gasteiger partial charge in [0.1, 0.15) is 11.6 Å². The summed E-state index contributed by atoms with van der Waals surface area (Å²) in [6, 6.07) is 13.4. The molecule has 1 saturated heterocycles. The number of piperidine rings is 1. The van der Waals surface area contributed by atoms with Gasteiger partial charge in [0, 0.05) is 24.6 Å². The first-order valence-corrected chi connectivity index (χ1v) is 9.17. The highest BCUT2D eigenvalue weighted by Gasteiger charge is 2.28. The molecule has 6 nitrogen and oxygen atoms in total. The second kappa shape index (κ2) is 7.80. The number of aromatic nitrogens is 2. The van der Waals surface area contributed by atoms with E-state index in [1.165, 1.54) is 6.07 Å². The van der Waals surface area contributed by atoms with Gasteiger partial charge in [-0.05, 0) is 49.2 Å². The summed E-state index contributed by atoms with van der Waals surface area (Å²) >= 11 is 0. The van der Waals surface area contributed by atoms with E-state index in [2.05, 4.69) is 10.2 Å². The van der Waals surface area contributed by atoms with E-state index in [4.69, 9.17) is 9.15 Å². The lowest BCUT2D eigenvalue weighted by molar-refractivity contribution is 0.0706. The molecule has 3 aromatic rings. The van der Waals surface area contributed by atoms with Crippen LogP contribution in [-0.4, -0.2) is 41.2 Å². The Hall–Kier alpha value is -3.22. The maximum Gasteiger partial charge on any atom is 0.253 e. The van der Waals surface area contributed by atoms with Crippen LogP contribution in [0.3, 0.4) is 0 Å². The first-order valence-electron chi connectivity index (χ1n) is 9.17. The minimum Gasteiger partial charge on any atom is -0.497 e. The Morgan fingerprint density at radius 2 is 1.82 bits per heavy atom. The van der Waals surface area contributed by atoms with Crippen molar-refractivity contribution in [2.45, 2.75) is 18.8 Å². The normalized spacial score (nSPS) is 14.9. The van der Waals surface area contributed by atoms with Crippen molar-refractivity contribution in [1.29, 1.82) is 0 Å². The zero-order valence-corrected chi connectivity index (χ0v) is 15.5. The molecule has 2 heterocycles. The molecule has 28 heavy (non-hydrogen) atoms. The van der Waals surface area contributed by atoms with Crippen molar-refractivity contribution < 1.29 is 18.3 Å². The van der Waals surface area contributed by atoms with Crippen molar-refractivity contribution in [2.24, 2.45) is 0 Å². The number of methoxy groups -OCH3 is 1. The number of carbonyl (C=O) groups is 1. The molecule has 1 aliphatic rings. The van der Waals surface area contributed by atoms with Gasteiger partial charge in [0.2, 0.25) is 5.89 Å². The third-order valence-electron chi connectivity index (χ3n) is 5.01. The van der Waals surface area contributed by atoms with E-state index in [-0.39, 0.29) is 17.7 Å². The average molecular weight is 381 g/mol. The lowest BCUT2D eigenvalue weighted by Crippen LogP contribution is -2.38. The Labute approximate surface area is 161 Å². The van der Waals surface area contributed by atoms with Crippen LogP contribution in [-0.2, 0) is 0 Å². The molecule has 0 bridgehead atoms. The molecule has 0 N–H and O–H groups in total. The molecule has 0 radical (unpaired) electrons. The van der Waals surface area contributed by atoms with Gasteiger partial charge in [-0.25, -0.2) is 4.39 Å². The van der Waals surface area contributed by atoms with Crippen LogP contribution in [0.1, 0.15) is 35.0 Å². The Kier molecular flexibility index (Phi) is 5.06. The summed E-state index contributed by atoms with van der Waals surface area (Å²) < 4.78 is 24.7. The molecule has 1 amide bonds. The SMILES string of the molecule is COc1ccc(C(=O)N2CCC(c3nnc(-c4ccccc4F)o3)CC2)cc1. The first kappa shape index (κ1) is 18.2. The van der Waals surface area contributed by atoms with Crippen molar-refractivity contribution in [3.63, 3.8) is 0 Å². The number of likely N-dealkylation sites (tertiary alicyclic amines) is 1. The fourth-order valence-electron chi connectivity index (χ4n) is 3.39. The zero-order valence-electron chi connectivity index (χ0n) is 15.5. The fourth-order valence-corrected chi connectivity index (χ4v) is 3.39. The second-order valence-electron chi connectivity index (χ2n) is 6.72. The van der Waals surface area contributed by atoms with E-state index in [1.54, 1.807) is 49.6 Å². The molecular weight excluding hydrogens is 361 g/mol. The van der Waals surface area contributed by atoms with Crippen LogP contribution < -0.4 is 4.74 Å². The Balaban J connectivity index is 1.40. The van der Waals surface area contributed by atoms with Crippen molar-refractivity contribution in [3.05, 3.63) is 65.8 Å². The van der Waals surface area contributed by atoms with Gasteiger partial charge in [-0.1, -0.05) is 12.1 Å². The third-order valence-corrected chi connectivity index (χ3v) is 5.01. The van der Waals surface area contributed by atoms with Crippen molar-refractivity contribution >= 4 is 5.91 Å². The van der Waals surface area contributed by atoms with Gasteiger partial charge in [0.05, 0.1) is 12.7 Å². The van der Waals surface area contributed by atoms with Gasteiger partial charge in [-0.3, -0.25) is 4.79 Å². The predicted octanol–water partition coefficient (Wildman–Crippen LogP) is 3.90. The van der Waals surface area contributed by atoms with Gasteiger partial charge in [-0.2, -0.15) is 0 Å². The van der Waals surface area contributed by atoms with E-state index < -0.39 is 5.82 Å². The Bertz CT molecular complexity index is 963. The standard InChI is InChI=1S/C21H20FN3O3/c1-27-16-8-6-15(7-9-16)21(26)25-12-10-14(11-13-25)19-23-24-20(28-19)17-4-2-3-5-18(17)22/h2-9,14H,10-13H2,1H3. The van der Waals surface area contributed by atoms with Gasteiger partial charge in [0.15, 0.2) is 0 Å². The lowest BCUT2D eigenvalue weighted by atomic mass is 9.96. The Morgan fingerprint density at radius 3 is 2.50 bits per heavy atom. The molecule has 0 atom stereocenters. The van der Waals surface area contributed by atoms with Crippen molar-refractivity contribution in [3.8, 4) is 17.2 Å². The number of nitrogens with zero attached hydrogens (tertiary/aromatic N) is 3. The van der Waals surface area contributed by atoms with Crippen LogP contribution >= 0.6 is 0 Å². The third kappa shape index (κ3) is 3.60. The van der Waals surface area contributed by atoms with Gasteiger partial charge >= 0.3 is 0 Å². The van der Waals surface area contributed by atoms with Crippen LogP contribution in [0.2, 0.25) is 0 Å². The van der Waals surface area contributed by atoms with Gasteiger partial charge in [0.25, 0.3) is 11.8 Å².